The van der Waals surface area contributed by atoms with Gasteiger partial charge in [0.25, 0.3) is 0 Å². The van der Waals surface area contributed by atoms with Gasteiger partial charge in [-0.2, -0.15) is 0 Å². The highest BCUT2D eigenvalue weighted by Gasteiger charge is 2.37. The molecule has 1 aliphatic rings. The van der Waals surface area contributed by atoms with Gasteiger partial charge in [-0.1, -0.05) is 48.5 Å². The van der Waals surface area contributed by atoms with Crippen molar-refractivity contribution in [3.8, 4) is 0 Å². The lowest BCUT2D eigenvalue weighted by Crippen LogP contribution is -2.38. The van der Waals surface area contributed by atoms with Crippen LogP contribution >= 0.6 is 0 Å². The van der Waals surface area contributed by atoms with Crippen molar-refractivity contribution in [2.45, 2.75) is 25.8 Å². The standard InChI is InChI=1S/C21H20FNO3/c1-14-20(21(25)26-2)17(16-10-6-7-11-18(16)22)12-19(24)23(14)13-15-8-4-3-5-9-15/h3-11,17H,12-13H2,1-2H3. The predicted molar refractivity (Wildman–Crippen MR) is 95.5 cm³/mol. The lowest BCUT2D eigenvalue weighted by atomic mass is 9.83. The molecule has 0 aliphatic carbocycles. The van der Waals surface area contributed by atoms with Gasteiger partial charge in [-0.25, -0.2) is 9.18 Å². The Bertz CT molecular complexity index is 861. The van der Waals surface area contributed by atoms with E-state index in [1.807, 2.05) is 30.3 Å². The summed E-state index contributed by atoms with van der Waals surface area (Å²) in [6.07, 6.45) is 0.0234. The molecule has 0 bridgehead atoms. The fourth-order valence-electron chi connectivity index (χ4n) is 3.37. The Morgan fingerprint density at radius 1 is 1.15 bits per heavy atom. The summed E-state index contributed by atoms with van der Waals surface area (Å²) in [6.45, 7) is 2.07. The number of esters is 1. The Balaban J connectivity index is 2.05. The van der Waals surface area contributed by atoms with Gasteiger partial charge in [-0.05, 0) is 24.1 Å². The first-order valence-corrected chi connectivity index (χ1v) is 8.40. The number of allylic oxidation sites excluding steroid dienone is 1. The molecule has 1 atom stereocenters. The molecule has 1 heterocycles. The Kier molecular flexibility index (Phi) is 5.16. The average Bonchev–Trinajstić information content (AvgIpc) is 2.65. The predicted octanol–water partition coefficient (Wildman–Crippen LogP) is 3.79. The van der Waals surface area contributed by atoms with Crippen molar-refractivity contribution in [3.63, 3.8) is 0 Å². The summed E-state index contributed by atoms with van der Waals surface area (Å²) in [6, 6.07) is 15.7. The van der Waals surface area contributed by atoms with Crippen molar-refractivity contribution < 1.29 is 18.7 Å². The second kappa shape index (κ2) is 7.52. The van der Waals surface area contributed by atoms with Crippen LogP contribution in [0.4, 0.5) is 4.39 Å². The van der Waals surface area contributed by atoms with E-state index in [0.717, 1.165) is 5.56 Å². The van der Waals surface area contributed by atoms with Crippen LogP contribution < -0.4 is 0 Å². The zero-order chi connectivity index (χ0) is 18.7. The Hall–Kier alpha value is -2.95. The average molecular weight is 353 g/mol. The number of hydrogen-bond donors (Lipinski definition) is 0. The normalized spacial score (nSPS) is 17.4. The smallest absolute Gasteiger partial charge is 0.336 e. The van der Waals surface area contributed by atoms with E-state index in [0.29, 0.717) is 23.4 Å². The van der Waals surface area contributed by atoms with Crippen LogP contribution in [0.5, 0.6) is 0 Å². The number of carbonyl (C=O) groups is 2. The van der Waals surface area contributed by atoms with Gasteiger partial charge in [-0.15, -0.1) is 0 Å². The van der Waals surface area contributed by atoms with Gasteiger partial charge in [0.1, 0.15) is 5.82 Å². The van der Waals surface area contributed by atoms with Gasteiger partial charge in [-0.3, -0.25) is 4.79 Å². The van der Waals surface area contributed by atoms with Crippen LogP contribution in [0.1, 0.15) is 30.4 Å². The first-order chi connectivity index (χ1) is 12.5. The van der Waals surface area contributed by atoms with Crippen LogP contribution in [-0.2, 0) is 20.9 Å². The summed E-state index contributed by atoms with van der Waals surface area (Å²) < 4.78 is 19.2. The van der Waals surface area contributed by atoms with E-state index >= 15 is 0 Å². The van der Waals surface area contributed by atoms with Crippen LogP contribution in [0.25, 0.3) is 0 Å². The lowest BCUT2D eigenvalue weighted by molar-refractivity contribution is -0.138. The van der Waals surface area contributed by atoms with Crippen LogP contribution in [0.2, 0.25) is 0 Å². The van der Waals surface area contributed by atoms with Crippen LogP contribution in [0.15, 0.2) is 65.9 Å². The molecule has 26 heavy (non-hydrogen) atoms. The zero-order valence-corrected chi connectivity index (χ0v) is 14.7. The van der Waals surface area contributed by atoms with Crippen molar-refractivity contribution in [3.05, 3.63) is 82.8 Å². The van der Waals surface area contributed by atoms with Gasteiger partial charge in [0.2, 0.25) is 5.91 Å². The first-order valence-electron chi connectivity index (χ1n) is 8.40. The highest BCUT2D eigenvalue weighted by molar-refractivity contribution is 5.95. The summed E-state index contributed by atoms with van der Waals surface area (Å²) in [5.41, 5.74) is 2.12. The minimum atomic E-state index is -0.650. The minimum Gasteiger partial charge on any atom is -0.466 e. The molecule has 0 fully saturated rings. The molecule has 0 aromatic heterocycles. The number of benzene rings is 2. The summed E-state index contributed by atoms with van der Waals surface area (Å²) in [4.78, 5) is 26.8. The number of methoxy groups -OCH3 is 1. The third kappa shape index (κ3) is 3.38. The molecule has 0 saturated heterocycles. The lowest BCUT2D eigenvalue weighted by Gasteiger charge is -2.34. The number of ether oxygens (including phenoxy) is 1. The molecule has 134 valence electrons. The topological polar surface area (TPSA) is 46.6 Å². The molecular weight excluding hydrogens is 333 g/mol. The van der Waals surface area contributed by atoms with Crippen molar-refractivity contribution >= 4 is 11.9 Å². The third-order valence-electron chi connectivity index (χ3n) is 4.69. The van der Waals surface area contributed by atoms with E-state index in [2.05, 4.69) is 0 Å². The number of rotatable bonds is 4. The summed E-state index contributed by atoms with van der Waals surface area (Å²) in [5, 5.41) is 0. The molecule has 2 aromatic rings. The van der Waals surface area contributed by atoms with E-state index in [9.17, 15) is 14.0 Å². The fourth-order valence-corrected chi connectivity index (χ4v) is 3.37. The van der Waals surface area contributed by atoms with E-state index in [1.165, 1.54) is 13.2 Å². The molecule has 0 radical (unpaired) electrons. The number of carbonyl (C=O) groups excluding carboxylic acids is 2. The molecule has 0 spiro atoms. The highest BCUT2D eigenvalue weighted by Crippen LogP contribution is 2.38. The number of amides is 1. The monoisotopic (exact) mass is 353 g/mol. The van der Waals surface area contributed by atoms with Crippen molar-refractivity contribution in [2.75, 3.05) is 7.11 Å². The van der Waals surface area contributed by atoms with E-state index in [1.54, 1.807) is 30.0 Å². The molecule has 0 saturated carbocycles. The van der Waals surface area contributed by atoms with E-state index < -0.39 is 17.7 Å². The Morgan fingerprint density at radius 3 is 2.46 bits per heavy atom. The van der Waals surface area contributed by atoms with Crippen LogP contribution in [-0.4, -0.2) is 23.9 Å². The van der Waals surface area contributed by atoms with Gasteiger partial charge in [0, 0.05) is 18.0 Å². The van der Waals surface area contributed by atoms with Gasteiger partial charge in [0.15, 0.2) is 0 Å². The molecule has 0 N–H and O–H groups in total. The third-order valence-corrected chi connectivity index (χ3v) is 4.69. The molecular formula is C21H20FNO3. The van der Waals surface area contributed by atoms with Gasteiger partial charge >= 0.3 is 5.97 Å². The molecule has 3 rings (SSSR count). The molecule has 1 unspecified atom stereocenters. The summed E-state index contributed by atoms with van der Waals surface area (Å²) in [5.74, 6) is -1.77. The minimum absolute atomic E-state index is 0.0234. The van der Waals surface area contributed by atoms with Crippen LogP contribution in [0.3, 0.4) is 0 Å². The summed E-state index contributed by atoms with van der Waals surface area (Å²) >= 11 is 0. The maximum Gasteiger partial charge on any atom is 0.336 e. The zero-order valence-electron chi connectivity index (χ0n) is 14.7. The molecule has 4 nitrogen and oxygen atoms in total. The van der Waals surface area contributed by atoms with E-state index in [4.69, 9.17) is 4.74 Å². The molecule has 1 amide bonds. The fraction of sp³-hybridized carbons (Fsp3) is 0.238. The van der Waals surface area contributed by atoms with E-state index in [-0.39, 0.29) is 12.3 Å². The highest BCUT2D eigenvalue weighted by atomic mass is 19.1. The maximum absolute atomic E-state index is 14.3. The van der Waals surface area contributed by atoms with Crippen molar-refractivity contribution in [2.24, 2.45) is 0 Å². The van der Waals surface area contributed by atoms with Crippen LogP contribution in [0, 0.1) is 5.82 Å². The van der Waals surface area contributed by atoms with Crippen molar-refractivity contribution in [1.82, 2.24) is 4.90 Å². The number of nitrogens with zero attached hydrogens (tertiary/aromatic N) is 1. The number of halogens is 1. The van der Waals surface area contributed by atoms with Gasteiger partial charge < -0.3 is 9.64 Å². The maximum atomic E-state index is 14.3. The van der Waals surface area contributed by atoms with Gasteiger partial charge in [0.05, 0.1) is 19.2 Å². The first kappa shape index (κ1) is 17.9. The second-order valence-corrected chi connectivity index (χ2v) is 6.23. The SMILES string of the molecule is COC(=O)C1=C(C)N(Cc2ccccc2)C(=O)CC1c1ccccc1F. The molecule has 2 aromatic carbocycles. The Morgan fingerprint density at radius 2 is 1.81 bits per heavy atom. The Labute approximate surface area is 151 Å². The largest absolute Gasteiger partial charge is 0.466 e. The quantitative estimate of drug-likeness (QED) is 0.786. The number of hydrogen-bond acceptors (Lipinski definition) is 3. The summed E-state index contributed by atoms with van der Waals surface area (Å²) in [7, 11) is 1.29. The molecule has 5 heteroatoms. The second-order valence-electron chi connectivity index (χ2n) is 6.23. The molecule has 1 aliphatic heterocycles. The van der Waals surface area contributed by atoms with Crippen molar-refractivity contribution in [1.29, 1.82) is 0 Å².